The van der Waals surface area contributed by atoms with Crippen molar-refractivity contribution < 1.29 is 19.0 Å². The van der Waals surface area contributed by atoms with E-state index in [1.54, 1.807) is 31.3 Å². The Morgan fingerprint density at radius 3 is 2.56 bits per heavy atom. The summed E-state index contributed by atoms with van der Waals surface area (Å²) >= 11 is 0. The third-order valence-corrected chi connectivity index (χ3v) is 5.60. The highest BCUT2D eigenvalue weighted by Crippen LogP contribution is 2.32. The zero-order chi connectivity index (χ0) is 22.3. The minimum absolute atomic E-state index is 0.0215. The van der Waals surface area contributed by atoms with Crippen LogP contribution < -0.4 is 14.8 Å². The number of ether oxygens (including phenoxy) is 3. The van der Waals surface area contributed by atoms with E-state index in [1.807, 2.05) is 48.5 Å². The fraction of sp³-hybridized carbons (Fsp3) is 0.333. The van der Waals surface area contributed by atoms with Crippen molar-refractivity contribution in [3.8, 4) is 17.2 Å². The van der Waals surface area contributed by atoms with Crippen molar-refractivity contribution in [1.82, 2.24) is 20.0 Å². The first-order valence-electron chi connectivity index (χ1n) is 10.6. The zero-order valence-electron chi connectivity index (χ0n) is 18.4. The van der Waals surface area contributed by atoms with E-state index >= 15 is 0 Å². The van der Waals surface area contributed by atoms with E-state index in [1.165, 1.54) is 0 Å². The van der Waals surface area contributed by atoms with Crippen molar-refractivity contribution in [3.63, 3.8) is 0 Å². The first-order chi connectivity index (χ1) is 15.7. The van der Waals surface area contributed by atoms with E-state index in [2.05, 4.69) is 15.3 Å². The van der Waals surface area contributed by atoms with Crippen LogP contribution in [0.3, 0.4) is 0 Å². The molecule has 32 heavy (non-hydrogen) atoms. The van der Waals surface area contributed by atoms with Gasteiger partial charge in [-0.05, 0) is 29.8 Å². The van der Waals surface area contributed by atoms with Crippen LogP contribution in [0.1, 0.15) is 22.0 Å². The molecular formula is C24H28N4O4. The monoisotopic (exact) mass is 436 g/mol. The molecule has 1 aromatic heterocycles. The van der Waals surface area contributed by atoms with E-state index in [9.17, 15) is 4.79 Å². The van der Waals surface area contributed by atoms with Crippen molar-refractivity contribution in [1.29, 1.82) is 0 Å². The standard InChI is InChI=1S/C24H28N4O4/c1-30-22-9-8-18(14-23(22)31-2)21(27-10-12-32-13-11-27)16-25-24(29)19-15-26-28(17-19)20-6-4-3-5-7-20/h3-9,14-15,17,21H,10-13,16H2,1-2H3,(H,25,29). The summed E-state index contributed by atoms with van der Waals surface area (Å²) in [6.45, 7) is 3.37. The number of nitrogens with zero attached hydrogens (tertiary/aromatic N) is 3. The Bertz CT molecular complexity index is 1030. The number of amides is 1. The van der Waals surface area contributed by atoms with E-state index in [4.69, 9.17) is 14.2 Å². The maximum Gasteiger partial charge on any atom is 0.254 e. The maximum absolute atomic E-state index is 12.9. The molecule has 1 unspecified atom stereocenters. The lowest BCUT2D eigenvalue weighted by Gasteiger charge is -2.35. The second kappa shape index (κ2) is 10.3. The van der Waals surface area contributed by atoms with E-state index in [0.717, 1.165) is 24.3 Å². The normalized spacial score (nSPS) is 15.2. The SMILES string of the molecule is COc1ccc(C(CNC(=O)c2cnn(-c3ccccc3)c2)N2CCOCC2)cc1OC. The van der Waals surface area contributed by atoms with Crippen LogP contribution in [0.2, 0.25) is 0 Å². The van der Waals surface area contributed by atoms with Crippen molar-refractivity contribution >= 4 is 5.91 Å². The minimum atomic E-state index is -0.161. The van der Waals surface area contributed by atoms with Crippen molar-refractivity contribution in [2.24, 2.45) is 0 Å². The Kier molecular flexibility index (Phi) is 7.03. The van der Waals surface area contributed by atoms with Crippen molar-refractivity contribution in [2.75, 3.05) is 47.1 Å². The summed E-state index contributed by atoms with van der Waals surface area (Å²) in [7, 11) is 3.24. The second-order valence-electron chi connectivity index (χ2n) is 7.50. The lowest BCUT2D eigenvalue weighted by Crippen LogP contribution is -2.43. The number of carbonyl (C=O) groups excluding carboxylic acids is 1. The van der Waals surface area contributed by atoms with Gasteiger partial charge < -0.3 is 19.5 Å². The molecule has 4 rings (SSSR count). The Morgan fingerprint density at radius 1 is 1.09 bits per heavy atom. The number of rotatable bonds is 8. The Hall–Kier alpha value is -3.36. The smallest absolute Gasteiger partial charge is 0.254 e. The highest BCUT2D eigenvalue weighted by molar-refractivity contribution is 5.93. The van der Waals surface area contributed by atoms with Gasteiger partial charge in [-0.2, -0.15) is 5.10 Å². The molecule has 8 nitrogen and oxygen atoms in total. The van der Waals surface area contributed by atoms with Crippen LogP contribution in [0.4, 0.5) is 0 Å². The lowest BCUT2D eigenvalue weighted by atomic mass is 10.0. The number of methoxy groups -OCH3 is 2. The molecule has 0 spiro atoms. The topological polar surface area (TPSA) is 77.9 Å². The number of morpholine rings is 1. The van der Waals surface area contributed by atoms with Crippen LogP contribution in [-0.4, -0.2) is 67.7 Å². The van der Waals surface area contributed by atoms with Gasteiger partial charge in [0.15, 0.2) is 11.5 Å². The number of para-hydroxylation sites is 1. The molecule has 1 aliphatic heterocycles. The molecule has 1 amide bonds. The molecule has 0 aliphatic carbocycles. The second-order valence-corrected chi connectivity index (χ2v) is 7.50. The lowest BCUT2D eigenvalue weighted by molar-refractivity contribution is 0.0162. The molecule has 1 aliphatic rings. The third kappa shape index (κ3) is 4.92. The van der Waals surface area contributed by atoms with Crippen LogP contribution in [0.5, 0.6) is 11.5 Å². The van der Waals surface area contributed by atoms with Crippen molar-refractivity contribution in [2.45, 2.75) is 6.04 Å². The summed E-state index contributed by atoms with van der Waals surface area (Å²) in [5, 5.41) is 7.40. The largest absolute Gasteiger partial charge is 0.493 e. The molecular weight excluding hydrogens is 408 g/mol. The molecule has 1 atom stereocenters. The predicted octanol–water partition coefficient (Wildman–Crippen LogP) is 2.69. The molecule has 0 radical (unpaired) electrons. The molecule has 168 valence electrons. The van der Waals surface area contributed by atoms with E-state index in [-0.39, 0.29) is 11.9 Å². The molecule has 2 aromatic carbocycles. The number of aromatic nitrogens is 2. The molecule has 0 saturated carbocycles. The Balaban J connectivity index is 1.50. The summed E-state index contributed by atoms with van der Waals surface area (Å²) in [5.41, 5.74) is 2.47. The highest BCUT2D eigenvalue weighted by atomic mass is 16.5. The van der Waals surface area contributed by atoms with Crippen LogP contribution in [0.15, 0.2) is 60.9 Å². The van der Waals surface area contributed by atoms with Gasteiger partial charge in [0.2, 0.25) is 0 Å². The number of hydrogen-bond donors (Lipinski definition) is 1. The number of benzene rings is 2. The fourth-order valence-electron chi connectivity index (χ4n) is 3.86. The first kappa shape index (κ1) is 21.9. The van der Waals surface area contributed by atoms with Gasteiger partial charge in [-0.1, -0.05) is 24.3 Å². The maximum atomic E-state index is 12.9. The van der Waals surface area contributed by atoms with Crippen LogP contribution in [-0.2, 0) is 4.74 Å². The van der Waals surface area contributed by atoms with Gasteiger partial charge in [-0.25, -0.2) is 4.68 Å². The van der Waals surface area contributed by atoms with Crippen molar-refractivity contribution in [3.05, 3.63) is 72.1 Å². The molecule has 1 N–H and O–H groups in total. The number of carbonyl (C=O) groups is 1. The van der Waals surface area contributed by atoms with E-state index in [0.29, 0.717) is 36.8 Å². The average molecular weight is 437 g/mol. The van der Waals surface area contributed by atoms with Gasteiger partial charge in [-0.3, -0.25) is 9.69 Å². The van der Waals surface area contributed by atoms with E-state index < -0.39 is 0 Å². The van der Waals surface area contributed by atoms with Gasteiger partial charge in [0.1, 0.15) is 0 Å². The molecule has 0 bridgehead atoms. The molecule has 1 fully saturated rings. The Labute approximate surface area is 187 Å². The van der Waals surface area contributed by atoms with Gasteiger partial charge in [0, 0.05) is 25.8 Å². The summed E-state index contributed by atoms with van der Waals surface area (Å²) in [4.78, 5) is 15.2. The highest BCUT2D eigenvalue weighted by Gasteiger charge is 2.25. The average Bonchev–Trinajstić information content (AvgIpc) is 3.36. The zero-order valence-corrected chi connectivity index (χ0v) is 18.4. The summed E-state index contributed by atoms with van der Waals surface area (Å²) in [6.07, 6.45) is 3.33. The number of hydrogen-bond acceptors (Lipinski definition) is 6. The quantitative estimate of drug-likeness (QED) is 0.585. The van der Waals surface area contributed by atoms with Crippen LogP contribution >= 0.6 is 0 Å². The summed E-state index contributed by atoms with van der Waals surface area (Å²) in [6, 6.07) is 15.6. The van der Waals surface area contributed by atoms with Crippen LogP contribution in [0.25, 0.3) is 5.69 Å². The minimum Gasteiger partial charge on any atom is -0.493 e. The Morgan fingerprint density at radius 2 is 1.84 bits per heavy atom. The van der Waals surface area contributed by atoms with Gasteiger partial charge in [0.25, 0.3) is 5.91 Å². The van der Waals surface area contributed by atoms with Gasteiger partial charge in [0.05, 0.1) is 50.9 Å². The fourth-order valence-corrected chi connectivity index (χ4v) is 3.86. The predicted molar refractivity (Wildman–Crippen MR) is 121 cm³/mol. The summed E-state index contributed by atoms with van der Waals surface area (Å²) < 4.78 is 18.1. The third-order valence-electron chi connectivity index (χ3n) is 5.60. The molecule has 8 heteroatoms. The first-order valence-corrected chi connectivity index (χ1v) is 10.6. The number of nitrogens with one attached hydrogen (secondary N) is 1. The van der Waals surface area contributed by atoms with Gasteiger partial charge >= 0.3 is 0 Å². The molecule has 3 aromatic rings. The summed E-state index contributed by atoms with van der Waals surface area (Å²) in [5.74, 6) is 1.18. The molecule has 1 saturated heterocycles. The van der Waals surface area contributed by atoms with Gasteiger partial charge in [-0.15, -0.1) is 0 Å². The van der Waals surface area contributed by atoms with Crippen LogP contribution in [0, 0.1) is 0 Å². The molecule has 2 heterocycles.